The third-order valence-electron chi connectivity index (χ3n) is 2.68. The summed E-state index contributed by atoms with van der Waals surface area (Å²) in [5.74, 6) is 1.79. The second kappa shape index (κ2) is 4.23. The lowest BCUT2D eigenvalue weighted by Crippen LogP contribution is -2.34. The van der Waals surface area contributed by atoms with E-state index in [0.717, 1.165) is 18.9 Å². The fourth-order valence-electron chi connectivity index (χ4n) is 1.98. The molecule has 0 aromatic carbocycles. The average molecular weight is 227 g/mol. The fourth-order valence-corrected chi connectivity index (χ4v) is 2.17. The Bertz CT molecular complexity index is 335. The van der Waals surface area contributed by atoms with Crippen LogP contribution in [0.15, 0.2) is 6.07 Å². The summed E-state index contributed by atoms with van der Waals surface area (Å²) >= 11 is 5.85. The summed E-state index contributed by atoms with van der Waals surface area (Å²) in [4.78, 5) is 10.3. The van der Waals surface area contributed by atoms with Crippen molar-refractivity contribution >= 4 is 23.4 Å². The van der Waals surface area contributed by atoms with Gasteiger partial charge >= 0.3 is 0 Å². The number of nitrogens with two attached hydrogens (primary N) is 1. The van der Waals surface area contributed by atoms with Gasteiger partial charge in [-0.25, -0.2) is 4.98 Å². The van der Waals surface area contributed by atoms with E-state index < -0.39 is 0 Å². The number of hydrogen-bond donors (Lipinski definition) is 1. The van der Waals surface area contributed by atoms with Crippen LogP contribution in [0.1, 0.15) is 19.8 Å². The average Bonchev–Trinajstić information content (AvgIpc) is 2.16. The molecule has 1 aromatic heterocycles. The van der Waals surface area contributed by atoms with Crippen molar-refractivity contribution < 1.29 is 0 Å². The van der Waals surface area contributed by atoms with Crippen LogP contribution in [0.3, 0.4) is 0 Å². The maximum atomic E-state index is 5.85. The Morgan fingerprint density at radius 1 is 1.53 bits per heavy atom. The first-order valence-electron chi connectivity index (χ1n) is 5.20. The van der Waals surface area contributed by atoms with Crippen LogP contribution in [-0.4, -0.2) is 23.1 Å². The van der Waals surface area contributed by atoms with E-state index in [2.05, 4.69) is 21.8 Å². The predicted molar refractivity (Wildman–Crippen MR) is 62.1 cm³/mol. The molecule has 1 atom stereocenters. The van der Waals surface area contributed by atoms with E-state index in [-0.39, 0.29) is 5.95 Å². The van der Waals surface area contributed by atoms with Gasteiger partial charge in [0.2, 0.25) is 5.95 Å². The minimum absolute atomic E-state index is 0.246. The molecule has 0 saturated carbocycles. The fraction of sp³-hybridized carbons (Fsp3) is 0.600. The van der Waals surface area contributed by atoms with E-state index in [9.17, 15) is 0 Å². The molecule has 2 N–H and O–H groups in total. The maximum absolute atomic E-state index is 5.85. The molecule has 1 aliphatic rings. The van der Waals surface area contributed by atoms with Gasteiger partial charge in [0, 0.05) is 19.2 Å². The molecule has 2 heterocycles. The molecule has 0 bridgehead atoms. The summed E-state index contributed by atoms with van der Waals surface area (Å²) in [5, 5.41) is 0.413. The van der Waals surface area contributed by atoms with Crippen LogP contribution in [0.5, 0.6) is 0 Å². The Labute approximate surface area is 94.5 Å². The Morgan fingerprint density at radius 2 is 2.33 bits per heavy atom. The van der Waals surface area contributed by atoms with Crippen molar-refractivity contribution in [2.45, 2.75) is 19.8 Å². The number of nitrogens with zero attached hydrogens (tertiary/aromatic N) is 3. The van der Waals surface area contributed by atoms with Crippen molar-refractivity contribution in [3.05, 3.63) is 11.2 Å². The third-order valence-corrected chi connectivity index (χ3v) is 2.87. The number of hydrogen-bond acceptors (Lipinski definition) is 4. The molecule has 5 heteroatoms. The maximum Gasteiger partial charge on any atom is 0.223 e. The predicted octanol–water partition coefficient (Wildman–Crippen LogP) is 1.95. The quantitative estimate of drug-likeness (QED) is 0.744. The molecule has 0 aliphatic carbocycles. The molecule has 1 unspecified atom stereocenters. The van der Waals surface area contributed by atoms with Crippen molar-refractivity contribution in [3.63, 3.8) is 0 Å². The number of aromatic nitrogens is 2. The summed E-state index contributed by atoms with van der Waals surface area (Å²) in [5.41, 5.74) is 5.57. The highest BCUT2D eigenvalue weighted by Gasteiger charge is 2.18. The molecule has 1 fully saturated rings. The summed E-state index contributed by atoms with van der Waals surface area (Å²) in [7, 11) is 0. The van der Waals surface area contributed by atoms with Crippen LogP contribution in [-0.2, 0) is 0 Å². The lowest BCUT2D eigenvalue weighted by molar-refractivity contribution is 0.444. The monoisotopic (exact) mass is 226 g/mol. The van der Waals surface area contributed by atoms with Gasteiger partial charge in [-0.15, -0.1) is 0 Å². The van der Waals surface area contributed by atoms with Gasteiger partial charge in [-0.3, -0.25) is 0 Å². The van der Waals surface area contributed by atoms with E-state index in [1.165, 1.54) is 12.8 Å². The number of anilines is 2. The van der Waals surface area contributed by atoms with Crippen LogP contribution < -0.4 is 10.6 Å². The largest absolute Gasteiger partial charge is 0.368 e. The van der Waals surface area contributed by atoms with Gasteiger partial charge in [0.1, 0.15) is 11.0 Å². The highest BCUT2D eigenvalue weighted by atomic mass is 35.5. The first-order chi connectivity index (χ1) is 7.15. The lowest BCUT2D eigenvalue weighted by atomic mass is 10.0. The van der Waals surface area contributed by atoms with Gasteiger partial charge in [0.15, 0.2) is 0 Å². The first kappa shape index (κ1) is 10.5. The van der Waals surface area contributed by atoms with Crippen LogP contribution >= 0.6 is 11.6 Å². The van der Waals surface area contributed by atoms with Gasteiger partial charge in [0.25, 0.3) is 0 Å². The van der Waals surface area contributed by atoms with Gasteiger partial charge in [0.05, 0.1) is 0 Å². The van der Waals surface area contributed by atoms with Gasteiger partial charge in [-0.05, 0) is 18.8 Å². The zero-order chi connectivity index (χ0) is 10.8. The van der Waals surface area contributed by atoms with Crippen LogP contribution in [0, 0.1) is 5.92 Å². The van der Waals surface area contributed by atoms with Crippen molar-refractivity contribution in [2.75, 3.05) is 23.7 Å². The Kier molecular flexibility index (Phi) is 2.95. The topological polar surface area (TPSA) is 55.0 Å². The highest BCUT2D eigenvalue weighted by Crippen LogP contribution is 2.23. The van der Waals surface area contributed by atoms with E-state index in [4.69, 9.17) is 17.3 Å². The lowest BCUT2D eigenvalue weighted by Gasteiger charge is -2.31. The van der Waals surface area contributed by atoms with Crippen molar-refractivity contribution in [3.8, 4) is 0 Å². The number of piperidine rings is 1. The minimum Gasteiger partial charge on any atom is -0.368 e. The summed E-state index contributed by atoms with van der Waals surface area (Å²) in [6, 6.07) is 1.77. The van der Waals surface area contributed by atoms with Crippen LogP contribution in [0.4, 0.5) is 11.8 Å². The molecule has 1 aromatic rings. The Balaban J connectivity index is 2.20. The molecule has 15 heavy (non-hydrogen) atoms. The van der Waals surface area contributed by atoms with Gasteiger partial charge < -0.3 is 10.6 Å². The van der Waals surface area contributed by atoms with E-state index >= 15 is 0 Å². The Morgan fingerprint density at radius 3 is 3.00 bits per heavy atom. The number of rotatable bonds is 1. The molecule has 1 saturated heterocycles. The number of halogens is 1. The standard InChI is InChI=1S/C10H15ClN4/c1-7-3-2-4-15(6-7)9-5-8(11)13-10(12)14-9/h5,7H,2-4,6H2,1H3,(H2,12,13,14). The molecule has 4 nitrogen and oxygen atoms in total. The van der Waals surface area contributed by atoms with Gasteiger partial charge in [-0.2, -0.15) is 4.98 Å². The van der Waals surface area contributed by atoms with Crippen molar-refractivity contribution in [1.29, 1.82) is 0 Å². The van der Waals surface area contributed by atoms with Crippen molar-refractivity contribution in [1.82, 2.24) is 9.97 Å². The Hall–Kier alpha value is -1.03. The molecular formula is C10H15ClN4. The van der Waals surface area contributed by atoms with E-state index in [1.807, 2.05) is 0 Å². The molecular weight excluding hydrogens is 212 g/mol. The smallest absolute Gasteiger partial charge is 0.223 e. The molecule has 0 amide bonds. The molecule has 82 valence electrons. The number of nitrogen functional groups attached to an aromatic ring is 1. The summed E-state index contributed by atoms with van der Waals surface area (Å²) < 4.78 is 0. The normalized spacial score (nSPS) is 21.7. The second-order valence-electron chi connectivity index (χ2n) is 4.10. The summed E-state index contributed by atoms with van der Waals surface area (Å²) in [6.07, 6.45) is 2.48. The second-order valence-corrected chi connectivity index (χ2v) is 4.49. The molecule has 1 aliphatic heterocycles. The molecule has 0 spiro atoms. The van der Waals surface area contributed by atoms with Crippen molar-refractivity contribution in [2.24, 2.45) is 5.92 Å². The van der Waals surface area contributed by atoms with Crippen LogP contribution in [0.25, 0.3) is 0 Å². The third kappa shape index (κ3) is 2.50. The highest BCUT2D eigenvalue weighted by molar-refractivity contribution is 6.29. The zero-order valence-corrected chi connectivity index (χ0v) is 9.54. The SMILES string of the molecule is CC1CCCN(c2cc(Cl)nc(N)n2)C1. The summed E-state index contributed by atoms with van der Waals surface area (Å²) in [6.45, 7) is 4.29. The molecule has 2 rings (SSSR count). The van der Waals surface area contributed by atoms with E-state index in [0.29, 0.717) is 11.1 Å². The van der Waals surface area contributed by atoms with E-state index in [1.54, 1.807) is 6.07 Å². The minimum atomic E-state index is 0.246. The molecule has 0 radical (unpaired) electrons. The van der Waals surface area contributed by atoms with Crippen LogP contribution in [0.2, 0.25) is 5.15 Å². The first-order valence-corrected chi connectivity index (χ1v) is 5.58. The zero-order valence-electron chi connectivity index (χ0n) is 8.78. The van der Waals surface area contributed by atoms with Gasteiger partial charge in [-0.1, -0.05) is 18.5 Å².